The van der Waals surface area contributed by atoms with Gasteiger partial charge in [0, 0.05) is 67.6 Å². The van der Waals surface area contributed by atoms with Gasteiger partial charge in [0.25, 0.3) is 0 Å². The third kappa shape index (κ3) is 13.2. The molecule has 0 amide bonds. The van der Waals surface area contributed by atoms with Gasteiger partial charge >= 0.3 is 0 Å². The predicted molar refractivity (Wildman–Crippen MR) is 494 cm³/mol. The van der Waals surface area contributed by atoms with Crippen LogP contribution in [0.15, 0.2) is 431 Å². The van der Waals surface area contributed by atoms with Crippen LogP contribution < -0.4 is 9.64 Å². The first kappa shape index (κ1) is 70.9. The van der Waals surface area contributed by atoms with E-state index in [1.165, 1.54) is 93.4 Å². The fourth-order valence-electron chi connectivity index (χ4n) is 18.0. The summed E-state index contributed by atoms with van der Waals surface area (Å²) in [6, 6.07) is 136. The molecule has 4 atom stereocenters. The number of fused-ring (bicyclic) bond motifs is 10. The largest absolute Gasteiger partial charge is 0.484 e. The van der Waals surface area contributed by atoms with E-state index < -0.39 is 0 Å². The third-order valence-electron chi connectivity index (χ3n) is 24.0. The maximum atomic E-state index is 6.48. The van der Waals surface area contributed by atoms with Gasteiger partial charge in [-0.2, -0.15) is 0 Å². The van der Waals surface area contributed by atoms with Crippen LogP contribution in [-0.4, -0.2) is 42.0 Å². The number of hydrogen-bond acceptors (Lipinski definition) is 8. The molecule has 0 fully saturated rings. The standard InChI is InChI=1S/C59H40N4.C53H35N3O/c1-2-17-47(18-3-1)63-55-26-9-8-21-53(55)54-25-12-24-52(56(54)63)43-31-37-46(38-32-43)59-61-57(44-33-27-41(28-34-44)50-22-10-15-39-13-4-6-19-48(39)50)60-58(62-59)45-35-29-42(30-36-45)51-23-11-16-40-14-5-7-20-49(40)51;1-3-14-42-34(10-1)12-7-17-44(42)36-22-28-39(29-23-36)51-54-52(40-30-24-37(25-31-40)45-18-8-13-35-11-2-4-15-43(35)45)56-53(55-51)41-32-26-38(27-33-41)46-19-9-20-48-47-16-5-6-21-49(47)57-50(46)48/h1-38,53,55H;1-33,47,49H. The Morgan fingerprint density at radius 2 is 0.483 bits per heavy atom. The normalized spacial score (nSPS) is 15.2. The van der Waals surface area contributed by atoms with E-state index >= 15 is 0 Å². The lowest BCUT2D eigenvalue weighted by Crippen LogP contribution is -2.28. The summed E-state index contributed by atoms with van der Waals surface area (Å²) in [5.41, 5.74) is 24.5. The van der Waals surface area contributed by atoms with Crippen molar-refractivity contribution in [3.8, 4) is 141 Å². The quantitative estimate of drug-likeness (QED) is 0.113. The fraction of sp³-hybridized carbons (Fsp3) is 0.0357. The Morgan fingerprint density at radius 1 is 0.208 bits per heavy atom. The molecule has 2 aliphatic carbocycles. The fourth-order valence-corrected chi connectivity index (χ4v) is 18.0. The van der Waals surface area contributed by atoms with Crippen molar-refractivity contribution in [2.75, 3.05) is 4.90 Å². The second-order valence-corrected chi connectivity index (χ2v) is 31.0. The van der Waals surface area contributed by atoms with Gasteiger partial charge < -0.3 is 9.64 Å². The van der Waals surface area contributed by atoms with Crippen LogP contribution in [0.1, 0.15) is 23.0 Å². The van der Waals surface area contributed by atoms with E-state index in [1.54, 1.807) is 0 Å². The zero-order valence-corrected chi connectivity index (χ0v) is 65.3. The topological polar surface area (TPSA) is 89.8 Å². The van der Waals surface area contributed by atoms with Crippen molar-refractivity contribution in [1.82, 2.24) is 29.9 Å². The Labute approximate surface area is 696 Å². The van der Waals surface area contributed by atoms with E-state index in [0.717, 1.165) is 78.1 Å². The Balaban J connectivity index is 0.000000145. The summed E-state index contributed by atoms with van der Waals surface area (Å²) < 4.78 is 6.48. The molecular formula is C112H75N7O. The van der Waals surface area contributed by atoms with Crippen molar-refractivity contribution in [2.24, 2.45) is 0 Å². The highest BCUT2D eigenvalue weighted by molar-refractivity contribution is 6.01. The van der Waals surface area contributed by atoms with Crippen molar-refractivity contribution >= 4 is 54.5 Å². The summed E-state index contributed by atoms with van der Waals surface area (Å²) in [6.07, 6.45) is 17.6. The van der Waals surface area contributed by atoms with E-state index in [0.29, 0.717) is 34.9 Å². The maximum absolute atomic E-state index is 6.48. The molecule has 2 aromatic heterocycles. The lowest BCUT2D eigenvalue weighted by molar-refractivity contribution is 0.270. The van der Waals surface area contributed by atoms with Crippen LogP contribution in [-0.2, 0) is 0 Å². The average molecular weight is 1530 g/mol. The smallest absolute Gasteiger partial charge is 0.164 e. The molecule has 19 aromatic rings. The SMILES string of the molecule is C1=CC2Oc3c(-c4ccc(-c5nc(-c6ccc(-c7cccc8ccccc78)cc6)nc(-c6ccc(-c7cccc8ccccc78)cc6)n5)cc4)cccc3C2C=C1.C1=CC2c3cccc(-c4ccc(-c5nc(-c6ccc(-c7cccc8ccccc78)cc6)nc(-c6ccc(-c7cccc8ccccc78)cc6)n5)cc4)c3N(c3ccccc3)C2C=C1. The van der Waals surface area contributed by atoms with Crippen molar-refractivity contribution < 1.29 is 4.74 Å². The molecule has 0 bridgehead atoms. The molecule has 4 unspecified atom stereocenters. The van der Waals surface area contributed by atoms with Crippen LogP contribution >= 0.6 is 0 Å². The Bertz CT molecular complexity index is 7000. The van der Waals surface area contributed by atoms with Gasteiger partial charge in [0.2, 0.25) is 0 Å². The van der Waals surface area contributed by atoms with Crippen molar-refractivity contribution in [3.05, 3.63) is 442 Å². The molecule has 8 heteroatoms. The molecule has 17 aromatic carbocycles. The van der Waals surface area contributed by atoms with E-state index in [2.05, 4.69) is 436 Å². The molecule has 0 radical (unpaired) electrons. The van der Waals surface area contributed by atoms with Crippen LogP contribution in [0.5, 0.6) is 5.75 Å². The second kappa shape index (κ2) is 30.5. The number of anilines is 2. The predicted octanol–water partition coefficient (Wildman–Crippen LogP) is 28.1. The third-order valence-corrected chi connectivity index (χ3v) is 24.0. The van der Waals surface area contributed by atoms with E-state index in [4.69, 9.17) is 34.6 Å². The van der Waals surface area contributed by atoms with Crippen LogP contribution in [0.2, 0.25) is 0 Å². The van der Waals surface area contributed by atoms with Crippen molar-refractivity contribution in [3.63, 3.8) is 0 Å². The monoisotopic (exact) mass is 1530 g/mol. The highest BCUT2D eigenvalue weighted by Crippen LogP contribution is 2.53. The number of benzene rings is 17. The Kier molecular flexibility index (Phi) is 18.0. The summed E-state index contributed by atoms with van der Waals surface area (Å²) in [7, 11) is 0. The number of aromatic nitrogens is 6. The van der Waals surface area contributed by atoms with Crippen LogP contribution in [0.3, 0.4) is 0 Å². The number of para-hydroxylation sites is 3. The Morgan fingerprint density at radius 3 is 0.867 bits per heavy atom. The molecule has 2 aliphatic heterocycles. The highest BCUT2D eigenvalue weighted by atomic mass is 16.5. The van der Waals surface area contributed by atoms with E-state index in [9.17, 15) is 0 Å². The van der Waals surface area contributed by atoms with Gasteiger partial charge in [0.05, 0.1) is 11.7 Å². The molecule has 0 N–H and O–H groups in total. The summed E-state index contributed by atoms with van der Waals surface area (Å²) in [5, 5.41) is 9.81. The first-order valence-electron chi connectivity index (χ1n) is 41.0. The molecule has 4 aliphatic rings. The van der Waals surface area contributed by atoms with Crippen molar-refractivity contribution in [1.29, 1.82) is 0 Å². The van der Waals surface area contributed by atoms with Gasteiger partial charge in [-0.3, -0.25) is 0 Å². The molecule has 0 spiro atoms. The number of nitrogens with zero attached hydrogens (tertiary/aromatic N) is 7. The molecule has 120 heavy (non-hydrogen) atoms. The molecular weight excluding hydrogens is 1460 g/mol. The molecule has 23 rings (SSSR count). The lowest BCUT2D eigenvalue weighted by atomic mass is 9.90. The summed E-state index contributed by atoms with van der Waals surface area (Å²) in [6.45, 7) is 0. The summed E-state index contributed by atoms with van der Waals surface area (Å²) >= 11 is 0. The minimum Gasteiger partial charge on any atom is -0.484 e. The van der Waals surface area contributed by atoms with Crippen molar-refractivity contribution in [2.45, 2.75) is 24.0 Å². The van der Waals surface area contributed by atoms with Gasteiger partial charge in [-0.1, -0.05) is 413 Å². The highest BCUT2D eigenvalue weighted by Gasteiger charge is 2.39. The zero-order valence-electron chi connectivity index (χ0n) is 65.3. The van der Waals surface area contributed by atoms with Gasteiger partial charge in [-0.25, -0.2) is 29.9 Å². The van der Waals surface area contributed by atoms with Gasteiger partial charge in [0.15, 0.2) is 34.9 Å². The molecule has 8 nitrogen and oxygen atoms in total. The molecule has 0 saturated carbocycles. The minimum atomic E-state index is 0.0368. The molecule has 0 saturated heterocycles. The summed E-state index contributed by atoms with van der Waals surface area (Å²) in [4.78, 5) is 33.3. The number of rotatable bonds is 13. The number of hydrogen-bond donors (Lipinski definition) is 0. The first-order valence-corrected chi connectivity index (χ1v) is 41.0. The van der Waals surface area contributed by atoms with E-state index in [1.807, 2.05) is 0 Å². The average Bonchev–Trinajstić information content (AvgIpc) is 1.58. The summed E-state index contributed by atoms with van der Waals surface area (Å²) in [5.74, 6) is 5.24. The van der Waals surface area contributed by atoms with Crippen LogP contribution in [0.25, 0.3) is 178 Å². The van der Waals surface area contributed by atoms with Gasteiger partial charge in [0.1, 0.15) is 11.9 Å². The van der Waals surface area contributed by atoms with Crippen LogP contribution in [0.4, 0.5) is 11.4 Å². The maximum Gasteiger partial charge on any atom is 0.164 e. The molecule has 4 heterocycles. The van der Waals surface area contributed by atoms with Gasteiger partial charge in [-0.15, -0.1) is 0 Å². The van der Waals surface area contributed by atoms with Gasteiger partial charge in [-0.05, 0) is 122 Å². The number of allylic oxidation sites excluding steroid dienone is 4. The lowest BCUT2D eigenvalue weighted by Gasteiger charge is -2.29. The second-order valence-electron chi connectivity index (χ2n) is 31.0. The Hall–Kier alpha value is -15.6. The van der Waals surface area contributed by atoms with E-state index in [-0.39, 0.29) is 24.0 Å². The van der Waals surface area contributed by atoms with Crippen LogP contribution in [0, 0.1) is 0 Å². The minimum absolute atomic E-state index is 0.0368. The molecule has 564 valence electrons. The first-order chi connectivity index (χ1) is 59.5. The number of ether oxygens (including phenoxy) is 1. The zero-order chi connectivity index (χ0) is 79.4.